The minimum atomic E-state index is -4.76. The lowest BCUT2D eigenvalue weighted by Gasteiger charge is -2.11. The Hall–Kier alpha value is -3.01. The molecule has 28 heavy (non-hydrogen) atoms. The topological polar surface area (TPSA) is 68.2 Å². The molecule has 0 bridgehead atoms. The number of amides is 2. The zero-order valence-electron chi connectivity index (χ0n) is 14.4. The molecule has 0 unspecified atom stereocenters. The van der Waals surface area contributed by atoms with Gasteiger partial charge in [-0.25, -0.2) is 4.79 Å². The van der Waals surface area contributed by atoms with Gasteiger partial charge in [-0.05, 0) is 52.3 Å². The number of carbonyl (C=O) groups is 1. The Morgan fingerprint density at radius 1 is 1.11 bits per heavy atom. The molecule has 0 aliphatic carbocycles. The van der Waals surface area contributed by atoms with Crippen LogP contribution in [0.2, 0.25) is 0 Å². The smallest absolute Gasteiger partial charge is 0.406 e. The lowest BCUT2D eigenvalue weighted by Crippen LogP contribution is -2.19. The van der Waals surface area contributed by atoms with E-state index >= 15 is 0 Å². The molecular formula is C18H14BrF3N4O2. The molecule has 0 saturated heterocycles. The number of anilines is 2. The molecule has 2 amide bonds. The molecule has 1 aromatic heterocycles. The summed E-state index contributed by atoms with van der Waals surface area (Å²) in [6, 6.07) is 11.4. The maximum absolute atomic E-state index is 12.2. The number of carbonyl (C=O) groups excluding carboxylic acids is 1. The Morgan fingerprint density at radius 3 is 2.39 bits per heavy atom. The minimum Gasteiger partial charge on any atom is -0.406 e. The minimum absolute atomic E-state index is 0.315. The number of ether oxygens (including phenoxy) is 1. The van der Waals surface area contributed by atoms with Crippen molar-refractivity contribution >= 4 is 33.3 Å². The molecular weight excluding hydrogens is 441 g/mol. The number of nitrogens with one attached hydrogen (secondary N) is 2. The van der Waals surface area contributed by atoms with E-state index in [0.717, 1.165) is 27.9 Å². The third kappa shape index (κ3) is 5.26. The van der Waals surface area contributed by atoms with Crippen LogP contribution in [0.25, 0.3) is 11.3 Å². The van der Waals surface area contributed by atoms with Gasteiger partial charge in [-0.3, -0.25) is 4.68 Å². The van der Waals surface area contributed by atoms with Gasteiger partial charge in [0.1, 0.15) is 11.4 Å². The third-order valence-electron chi connectivity index (χ3n) is 3.52. The van der Waals surface area contributed by atoms with Crippen molar-refractivity contribution in [1.82, 2.24) is 9.78 Å². The molecule has 6 nitrogen and oxygen atoms in total. The molecule has 10 heteroatoms. The maximum atomic E-state index is 12.2. The Kier molecular flexibility index (Phi) is 5.59. The molecule has 0 atom stereocenters. The first-order valence-electron chi connectivity index (χ1n) is 7.93. The summed E-state index contributed by atoms with van der Waals surface area (Å²) in [5.41, 5.74) is 2.38. The summed E-state index contributed by atoms with van der Waals surface area (Å²) in [6.45, 7) is 0. The van der Waals surface area contributed by atoms with E-state index in [1.807, 2.05) is 12.3 Å². The van der Waals surface area contributed by atoms with Crippen molar-refractivity contribution in [3.8, 4) is 17.0 Å². The number of aromatic nitrogens is 2. The van der Waals surface area contributed by atoms with E-state index < -0.39 is 12.4 Å². The monoisotopic (exact) mass is 454 g/mol. The van der Waals surface area contributed by atoms with E-state index in [0.29, 0.717) is 11.4 Å². The van der Waals surface area contributed by atoms with Crippen LogP contribution in [0.3, 0.4) is 0 Å². The molecule has 3 rings (SSSR count). The van der Waals surface area contributed by atoms with Crippen LogP contribution in [-0.2, 0) is 7.05 Å². The highest BCUT2D eigenvalue weighted by atomic mass is 79.9. The second kappa shape index (κ2) is 7.93. The summed E-state index contributed by atoms with van der Waals surface area (Å²) in [5.74, 6) is -0.368. The van der Waals surface area contributed by atoms with Crippen LogP contribution in [0.5, 0.6) is 5.75 Å². The zero-order chi connectivity index (χ0) is 20.3. The SMILES string of the molecule is Cn1cc(Br)c(-c2cccc(NC(=O)Nc3ccc(OC(F)(F)F)cc3)c2)n1. The quantitative estimate of drug-likeness (QED) is 0.554. The number of hydrogen-bond acceptors (Lipinski definition) is 3. The highest BCUT2D eigenvalue weighted by molar-refractivity contribution is 9.10. The predicted octanol–water partition coefficient (Wildman–Crippen LogP) is 5.39. The first-order chi connectivity index (χ1) is 13.2. The van der Waals surface area contributed by atoms with Crippen LogP contribution in [-0.4, -0.2) is 22.2 Å². The summed E-state index contributed by atoms with van der Waals surface area (Å²) in [5, 5.41) is 9.56. The molecule has 0 saturated carbocycles. The van der Waals surface area contributed by atoms with Gasteiger partial charge in [0.15, 0.2) is 0 Å². The van der Waals surface area contributed by atoms with Crippen LogP contribution < -0.4 is 15.4 Å². The fourth-order valence-corrected chi connectivity index (χ4v) is 3.04. The molecule has 146 valence electrons. The van der Waals surface area contributed by atoms with E-state index in [9.17, 15) is 18.0 Å². The van der Waals surface area contributed by atoms with Gasteiger partial charge in [0.05, 0.1) is 4.47 Å². The van der Waals surface area contributed by atoms with E-state index in [1.165, 1.54) is 12.1 Å². The molecule has 3 aromatic rings. The third-order valence-corrected chi connectivity index (χ3v) is 4.10. The molecule has 0 radical (unpaired) electrons. The van der Waals surface area contributed by atoms with Gasteiger partial charge in [-0.1, -0.05) is 12.1 Å². The molecule has 2 aromatic carbocycles. The number of alkyl halides is 3. The van der Waals surface area contributed by atoms with Crippen LogP contribution in [0.4, 0.5) is 29.3 Å². The van der Waals surface area contributed by atoms with Crippen molar-refractivity contribution in [1.29, 1.82) is 0 Å². The Bertz CT molecular complexity index is 987. The van der Waals surface area contributed by atoms with Gasteiger partial charge >= 0.3 is 12.4 Å². The van der Waals surface area contributed by atoms with Crippen molar-refractivity contribution in [2.45, 2.75) is 6.36 Å². The van der Waals surface area contributed by atoms with Gasteiger partial charge in [-0.2, -0.15) is 5.10 Å². The van der Waals surface area contributed by atoms with Gasteiger partial charge in [0.25, 0.3) is 0 Å². The standard InChI is InChI=1S/C18H14BrF3N4O2/c1-26-10-15(19)16(25-26)11-3-2-4-13(9-11)24-17(27)23-12-5-7-14(8-6-12)28-18(20,21)22/h2-10H,1H3,(H2,23,24,27). The number of halogens is 4. The number of nitrogens with zero attached hydrogens (tertiary/aromatic N) is 2. The van der Waals surface area contributed by atoms with Crippen LogP contribution in [0, 0.1) is 0 Å². The lowest BCUT2D eigenvalue weighted by atomic mass is 10.1. The van der Waals surface area contributed by atoms with E-state index in [2.05, 4.69) is 36.4 Å². The number of aryl methyl sites for hydroxylation is 1. The second-order valence-electron chi connectivity index (χ2n) is 5.73. The summed E-state index contributed by atoms with van der Waals surface area (Å²) in [6.07, 6.45) is -2.95. The Labute approximate surface area is 166 Å². The van der Waals surface area contributed by atoms with E-state index in [4.69, 9.17) is 0 Å². The highest BCUT2D eigenvalue weighted by Gasteiger charge is 2.30. The van der Waals surface area contributed by atoms with Crippen molar-refractivity contribution in [3.63, 3.8) is 0 Å². The summed E-state index contributed by atoms with van der Waals surface area (Å²) < 4.78 is 42.8. The normalized spacial score (nSPS) is 11.2. The summed E-state index contributed by atoms with van der Waals surface area (Å²) >= 11 is 3.43. The lowest BCUT2D eigenvalue weighted by molar-refractivity contribution is -0.274. The number of urea groups is 1. The Morgan fingerprint density at radius 2 is 1.79 bits per heavy atom. The average Bonchev–Trinajstić information content (AvgIpc) is 2.94. The van der Waals surface area contributed by atoms with Crippen LogP contribution >= 0.6 is 15.9 Å². The first-order valence-corrected chi connectivity index (χ1v) is 8.72. The van der Waals surface area contributed by atoms with Gasteiger partial charge in [0, 0.05) is 30.2 Å². The molecule has 0 aliphatic rings. The summed E-state index contributed by atoms with van der Waals surface area (Å²) in [7, 11) is 1.80. The van der Waals surface area contributed by atoms with Gasteiger partial charge in [0.2, 0.25) is 0 Å². The predicted molar refractivity (Wildman–Crippen MR) is 102 cm³/mol. The van der Waals surface area contributed by atoms with Crippen molar-refractivity contribution in [2.24, 2.45) is 7.05 Å². The number of rotatable bonds is 4. The summed E-state index contributed by atoms with van der Waals surface area (Å²) in [4.78, 5) is 12.2. The van der Waals surface area contributed by atoms with Gasteiger partial charge < -0.3 is 15.4 Å². The molecule has 1 heterocycles. The van der Waals surface area contributed by atoms with Gasteiger partial charge in [-0.15, -0.1) is 13.2 Å². The highest BCUT2D eigenvalue weighted by Crippen LogP contribution is 2.28. The molecule has 0 fully saturated rings. The average molecular weight is 455 g/mol. The van der Waals surface area contributed by atoms with Crippen molar-refractivity contribution < 1.29 is 22.7 Å². The number of benzene rings is 2. The first kappa shape index (κ1) is 19.7. The molecule has 2 N–H and O–H groups in total. The fourth-order valence-electron chi connectivity index (χ4n) is 2.43. The second-order valence-corrected chi connectivity index (χ2v) is 6.59. The van der Waals surface area contributed by atoms with Crippen LogP contribution in [0.1, 0.15) is 0 Å². The Balaban J connectivity index is 1.65. The largest absolute Gasteiger partial charge is 0.573 e. The van der Waals surface area contributed by atoms with E-state index in [-0.39, 0.29) is 5.75 Å². The van der Waals surface area contributed by atoms with E-state index in [1.54, 1.807) is 29.9 Å². The maximum Gasteiger partial charge on any atom is 0.573 e. The molecule has 0 spiro atoms. The zero-order valence-corrected chi connectivity index (χ0v) is 16.0. The number of hydrogen-bond donors (Lipinski definition) is 2. The molecule has 0 aliphatic heterocycles. The van der Waals surface area contributed by atoms with Crippen LogP contribution in [0.15, 0.2) is 59.2 Å². The van der Waals surface area contributed by atoms with Crippen molar-refractivity contribution in [3.05, 3.63) is 59.2 Å². The van der Waals surface area contributed by atoms with Crippen molar-refractivity contribution in [2.75, 3.05) is 10.6 Å². The fraction of sp³-hybridized carbons (Fsp3) is 0.111.